The van der Waals surface area contributed by atoms with Gasteiger partial charge in [-0.15, -0.1) is 0 Å². The van der Waals surface area contributed by atoms with E-state index >= 15 is 0 Å². The van der Waals surface area contributed by atoms with Crippen molar-refractivity contribution in [3.05, 3.63) is 0 Å². The maximum absolute atomic E-state index is 11.5. The van der Waals surface area contributed by atoms with Gasteiger partial charge in [0.1, 0.15) is 5.54 Å². The minimum absolute atomic E-state index is 0.219. The molecule has 4 heteroatoms. The van der Waals surface area contributed by atoms with Gasteiger partial charge in [0.25, 0.3) is 0 Å². The van der Waals surface area contributed by atoms with Crippen LogP contribution in [0.5, 0.6) is 0 Å². The molecule has 1 spiro atoms. The van der Waals surface area contributed by atoms with Crippen LogP contribution in [0.3, 0.4) is 0 Å². The topological polar surface area (TPSA) is 35.6 Å². The predicted octanol–water partition coefficient (Wildman–Crippen LogP) is -1.31. The Kier molecular flexibility index (Phi) is 1.25. The molecule has 2 aliphatic heterocycles. The Balaban J connectivity index is 2.12. The van der Waals surface area contributed by atoms with E-state index in [1.54, 1.807) is 4.90 Å². The smallest absolute Gasteiger partial charge is 0.246 e. The van der Waals surface area contributed by atoms with Crippen LogP contribution in [-0.4, -0.2) is 55.1 Å². The van der Waals surface area contributed by atoms with Crippen LogP contribution in [0.25, 0.3) is 0 Å². The Morgan fingerprint density at radius 2 is 2.09 bits per heavy atom. The van der Waals surface area contributed by atoms with Crippen molar-refractivity contribution >= 4 is 5.91 Å². The van der Waals surface area contributed by atoms with Crippen LogP contribution in [0.4, 0.5) is 0 Å². The zero-order valence-electron chi connectivity index (χ0n) is 6.92. The molecule has 0 bridgehead atoms. The van der Waals surface area contributed by atoms with E-state index in [0.29, 0.717) is 6.67 Å². The summed E-state index contributed by atoms with van der Waals surface area (Å²) in [7, 11) is 3.86. The van der Waals surface area contributed by atoms with Gasteiger partial charge in [0.2, 0.25) is 5.91 Å². The lowest BCUT2D eigenvalue weighted by Crippen LogP contribution is -2.69. The van der Waals surface area contributed by atoms with Gasteiger partial charge in [-0.1, -0.05) is 0 Å². The minimum Gasteiger partial charge on any atom is -0.331 e. The van der Waals surface area contributed by atoms with Crippen molar-refractivity contribution in [3.8, 4) is 0 Å². The fraction of sp³-hybridized carbons (Fsp3) is 0.857. The summed E-state index contributed by atoms with van der Waals surface area (Å²) in [6.07, 6.45) is 0. The molecule has 0 aromatic carbocycles. The molecule has 0 aromatic rings. The number of carbonyl (C=O) groups excluding carboxylic acids is 1. The summed E-state index contributed by atoms with van der Waals surface area (Å²) in [5.74, 6) is 0.246. The molecule has 2 rings (SSSR count). The monoisotopic (exact) mass is 155 g/mol. The molecule has 11 heavy (non-hydrogen) atoms. The Morgan fingerprint density at radius 3 is 2.45 bits per heavy atom. The van der Waals surface area contributed by atoms with Gasteiger partial charge in [-0.25, -0.2) is 0 Å². The minimum atomic E-state index is -0.219. The van der Waals surface area contributed by atoms with Crippen molar-refractivity contribution in [1.29, 1.82) is 0 Å². The lowest BCUT2D eigenvalue weighted by atomic mass is 9.91. The molecule has 0 atom stereocenters. The SMILES string of the molecule is CN1CC2(C1)NCN(C)C2=O. The first-order valence-corrected chi connectivity index (χ1v) is 3.83. The molecule has 0 aliphatic carbocycles. The summed E-state index contributed by atoms with van der Waals surface area (Å²) >= 11 is 0. The van der Waals surface area contributed by atoms with Crippen LogP contribution < -0.4 is 5.32 Å². The number of likely N-dealkylation sites (tertiary alicyclic amines) is 1. The summed E-state index contributed by atoms with van der Waals surface area (Å²) in [4.78, 5) is 15.4. The Hall–Kier alpha value is -0.610. The van der Waals surface area contributed by atoms with Crippen LogP contribution in [0, 0.1) is 0 Å². The molecule has 2 heterocycles. The fourth-order valence-electron chi connectivity index (χ4n) is 1.90. The average molecular weight is 155 g/mol. The van der Waals surface area contributed by atoms with Gasteiger partial charge in [0, 0.05) is 20.1 Å². The van der Waals surface area contributed by atoms with Gasteiger partial charge in [-0.3, -0.25) is 10.1 Å². The molecule has 2 fully saturated rings. The van der Waals surface area contributed by atoms with Gasteiger partial charge in [0.15, 0.2) is 0 Å². The molecule has 62 valence electrons. The average Bonchev–Trinajstić information content (AvgIpc) is 2.16. The highest BCUT2D eigenvalue weighted by molar-refractivity contribution is 5.89. The number of nitrogens with one attached hydrogen (secondary N) is 1. The molecule has 2 aliphatic rings. The second-order valence-electron chi connectivity index (χ2n) is 3.59. The third-order valence-electron chi connectivity index (χ3n) is 2.49. The van der Waals surface area contributed by atoms with Crippen molar-refractivity contribution in [1.82, 2.24) is 15.1 Å². The first kappa shape index (κ1) is 7.06. The quantitative estimate of drug-likeness (QED) is 0.472. The van der Waals surface area contributed by atoms with Crippen LogP contribution in [0.15, 0.2) is 0 Å². The molecule has 0 aromatic heterocycles. The van der Waals surface area contributed by atoms with E-state index in [1.807, 2.05) is 14.1 Å². The van der Waals surface area contributed by atoms with Gasteiger partial charge < -0.3 is 9.80 Å². The molecule has 1 N–H and O–H groups in total. The van der Waals surface area contributed by atoms with Crippen LogP contribution in [0.2, 0.25) is 0 Å². The van der Waals surface area contributed by atoms with E-state index in [2.05, 4.69) is 10.2 Å². The zero-order chi connectivity index (χ0) is 8.06. The first-order chi connectivity index (χ1) is 5.14. The molecular weight excluding hydrogens is 142 g/mol. The number of carbonyl (C=O) groups is 1. The lowest BCUT2D eigenvalue weighted by molar-refractivity contribution is -0.136. The number of hydrogen-bond acceptors (Lipinski definition) is 3. The molecule has 4 nitrogen and oxygen atoms in total. The molecule has 0 unspecified atom stereocenters. The number of amides is 1. The summed E-state index contributed by atoms with van der Waals surface area (Å²) in [6.45, 7) is 2.42. The highest BCUT2D eigenvalue weighted by atomic mass is 16.2. The summed E-state index contributed by atoms with van der Waals surface area (Å²) in [6, 6.07) is 0. The van der Waals surface area contributed by atoms with Gasteiger partial charge in [-0.2, -0.15) is 0 Å². The van der Waals surface area contributed by atoms with Gasteiger partial charge in [-0.05, 0) is 7.05 Å². The normalized spacial score (nSPS) is 29.6. The van der Waals surface area contributed by atoms with E-state index in [-0.39, 0.29) is 11.4 Å². The van der Waals surface area contributed by atoms with Crippen molar-refractivity contribution < 1.29 is 4.79 Å². The molecular formula is C7H13N3O. The van der Waals surface area contributed by atoms with Gasteiger partial charge >= 0.3 is 0 Å². The Labute approximate surface area is 66.1 Å². The van der Waals surface area contributed by atoms with E-state index in [9.17, 15) is 4.79 Å². The number of hydrogen-bond donors (Lipinski definition) is 1. The Bertz CT molecular complexity index is 192. The van der Waals surface area contributed by atoms with Crippen LogP contribution in [0.1, 0.15) is 0 Å². The largest absolute Gasteiger partial charge is 0.331 e. The molecule has 1 amide bonds. The molecule has 2 saturated heterocycles. The van der Waals surface area contributed by atoms with Crippen molar-refractivity contribution in [2.24, 2.45) is 0 Å². The molecule has 0 saturated carbocycles. The number of nitrogens with zero attached hydrogens (tertiary/aromatic N) is 2. The molecule has 0 radical (unpaired) electrons. The standard InChI is InChI=1S/C7H13N3O/c1-9-3-7(4-9)6(11)10(2)5-8-7/h8H,3-5H2,1-2H3. The van der Waals surface area contributed by atoms with E-state index in [4.69, 9.17) is 0 Å². The maximum Gasteiger partial charge on any atom is 0.246 e. The van der Waals surface area contributed by atoms with Crippen LogP contribution >= 0.6 is 0 Å². The van der Waals surface area contributed by atoms with E-state index in [0.717, 1.165) is 13.1 Å². The summed E-state index contributed by atoms with van der Waals surface area (Å²) in [5.41, 5.74) is -0.219. The highest BCUT2D eigenvalue weighted by Gasteiger charge is 2.52. The first-order valence-electron chi connectivity index (χ1n) is 3.83. The van der Waals surface area contributed by atoms with Gasteiger partial charge in [0.05, 0.1) is 6.67 Å². The number of likely N-dealkylation sites (N-methyl/N-ethyl adjacent to an activating group) is 2. The second-order valence-corrected chi connectivity index (χ2v) is 3.59. The van der Waals surface area contributed by atoms with E-state index < -0.39 is 0 Å². The predicted molar refractivity (Wildman–Crippen MR) is 41.0 cm³/mol. The number of rotatable bonds is 0. The second kappa shape index (κ2) is 1.95. The van der Waals surface area contributed by atoms with Crippen molar-refractivity contribution in [2.45, 2.75) is 5.54 Å². The lowest BCUT2D eigenvalue weighted by Gasteiger charge is -2.43. The van der Waals surface area contributed by atoms with Crippen molar-refractivity contribution in [3.63, 3.8) is 0 Å². The van der Waals surface area contributed by atoms with E-state index in [1.165, 1.54) is 0 Å². The zero-order valence-corrected chi connectivity index (χ0v) is 6.92. The highest BCUT2D eigenvalue weighted by Crippen LogP contribution is 2.24. The maximum atomic E-state index is 11.5. The van der Waals surface area contributed by atoms with Crippen LogP contribution in [-0.2, 0) is 4.79 Å². The fourth-order valence-corrected chi connectivity index (χ4v) is 1.90. The third kappa shape index (κ3) is 0.795. The third-order valence-corrected chi connectivity index (χ3v) is 2.49. The Morgan fingerprint density at radius 1 is 1.45 bits per heavy atom. The summed E-state index contributed by atoms with van der Waals surface area (Å²) in [5, 5.41) is 3.23. The summed E-state index contributed by atoms with van der Waals surface area (Å²) < 4.78 is 0. The van der Waals surface area contributed by atoms with Crippen molar-refractivity contribution in [2.75, 3.05) is 33.9 Å².